The summed E-state index contributed by atoms with van der Waals surface area (Å²) in [5.74, 6) is 0. The molecular formula is C12H21BrCl2N2O. The molecule has 18 heavy (non-hydrogen) atoms. The second kappa shape index (κ2) is 12.2. The summed E-state index contributed by atoms with van der Waals surface area (Å²) in [6.07, 6.45) is -0.272. The fraction of sp³-hybridized carbons (Fsp3) is 0.500. The van der Waals surface area contributed by atoms with Gasteiger partial charge in [-0.05, 0) is 24.6 Å². The zero-order chi connectivity index (χ0) is 11.8. The number of aliphatic hydroxyl groups is 1. The van der Waals surface area contributed by atoms with E-state index in [1.807, 2.05) is 12.1 Å². The van der Waals surface area contributed by atoms with E-state index in [9.17, 15) is 0 Å². The number of benzene rings is 1. The lowest BCUT2D eigenvalue weighted by molar-refractivity contribution is 0.191. The highest BCUT2D eigenvalue weighted by atomic mass is 79.9. The standard InChI is InChI=1S/C12H19BrN2O.2ClH/c1-10(16)8-14-6-7-15-9-11-2-4-12(13)5-3-11;;/h2-5,10,14-16H,6-9H2,1H3;2*1H. The fourth-order valence-corrected chi connectivity index (χ4v) is 1.59. The molecule has 0 heterocycles. The zero-order valence-corrected chi connectivity index (χ0v) is 13.6. The largest absolute Gasteiger partial charge is 0.392 e. The summed E-state index contributed by atoms with van der Waals surface area (Å²) in [4.78, 5) is 0. The molecule has 3 nitrogen and oxygen atoms in total. The van der Waals surface area contributed by atoms with Crippen molar-refractivity contribution < 1.29 is 5.11 Å². The topological polar surface area (TPSA) is 44.3 Å². The maximum atomic E-state index is 9.03. The van der Waals surface area contributed by atoms with Crippen LogP contribution in [0.2, 0.25) is 0 Å². The Balaban J connectivity index is 0. The Morgan fingerprint density at radius 1 is 1.11 bits per heavy atom. The van der Waals surface area contributed by atoms with Crippen LogP contribution in [-0.4, -0.2) is 30.8 Å². The molecule has 1 aromatic rings. The monoisotopic (exact) mass is 358 g/mol. The van der Waals surface area contributed by atoms with Crippen LogP contribution >= 0.6 is 40.7 Å². The second-order valence-corrected chi connectivity index (χ2v) is 4.77. The predicted molar refractivity (Wildman–Crippen MR) is 84.9 cm³/mol. The molecule has 1 rings (SSSR count). The van der Waals surface area contributed by atoms with E-state index in [0.717, 1.165) is 24.1 Å². The van der Waals surface area contributed by atoms with Crippen molar-refractivity contribution in [2.45, 2.75) is 19.6 Å². The summed E-state index contributed by atoms with van der Waals surface area (Å²) < 4.78 is 1.11. The van der Waals surface area contributed by atoms with Crippen molar-refractivity contribution in [3.63, 3.8) is 0 Å². The summed E-state index contributed by atoms with van der Waals surface area (Å²) in [5.41, 5.74) is 1.28. The minimum absolute atomic E-state index is 0. The minimum Gasteiger partial charge on any atom is -0.392 e. The quantitative estimate of drug-likeness (QED) is 0.655. The Hall–Kier alpha value is 0.160. The van der Waals surface area contributed by atoms with E-state index in [2.05, 4.69) is 38.7 Å². The molecule has 0 aliphatic rings. The van der Waals surface area contributed by atoms with Crippen LogP contribution in [0.25, 0.3) is 0 Å². The average Bonchev–Trinajstić information content (AvgIpc) is 2.25. The van der Waals surface area contributed by atoms with Crippen LogP contribution in [0.15, 0.2) is 28.7 Å². The number of nitrogens with one attached hydrogen (secondary N) is 2. The van der Waals surface area contributed by atoms with Crippen LogP contribution in [0.5, 0.6) is 0 Å². The molecule has 1 aromatic carbocycles. The highest BCUT2D eigenvalue weighted by Gasteiger charge is 1.94. The normalized spacial score (nSPS) is 11.3. The molecule has 0 aliphatic heterocycles. The molecule has 1 unspecified atom stereocenters. The average molecular weight is 360 g/mol. The van der Waals surface area contributed by atoms with Crippen LogP contribution in [0.3, 0.4) is 0 Å². The van der Waals surface area contributed by atoms with Gasteiger partial charge in [0, 0.05) is 30.7 Å². The Morgan fingerprint density at radius 3 is 2.22 bits per heavy atom. The van der Waals surface area contributed by atoms with E-state index in [1.165, 1.54) is 5.56 Å². The Kier molecular flexibility index (Phi) is 13.9. The van der Waals surface area contributed by atoms with Crippen LogP contribution in [-0.2, 0) is 6.54 Å². The maximum absolute atomic E-state index is 9.03. The number of hydrogen-bond donors (Lipinski definition) is 3. The number of hydrogen-bond acceptors (Lipinski definition) is 3. The smallest absolute Gasteiger partial charge is 0.0636 e. The fourth-order valence-electron chi connectivity index (χ4n) is 1.32. The summed E-state index contributed by atoms with van der Waals surface area (Å²) in [5, 5.41) is 15.5. The lowest BCUT2D eigenvalue weighted by atomic mass is 10.2. The van der Waals surface area contributed by atoms with Gasteiger partial charge in [0.05, 0.1) is 6.10 Å². The first-order valence-electron chi connectivity index (χ1n) is 5.52. The summed E-state index contributed by atoms with van der Waals surface area (Å²) in [7, 11) is 0. The van der Waals surface area contributed by atoms with Crippen molar-refractivity contribution in [3.05, 3.63) is 34.3 Å². The van der Waals surface area contributed by atoms with E-state index < -0.39 is 0 Å². The van der Waals surface area contributed by atoms with Crippen LogP contribution in [0.4, 0.5) is 0 Å². The third-order valence-corrected chi connectivity index (χ3v) is 2.69. The van der Waals surface area contributed by atoms with Gasteiger partial charge in [-0.2, -0.15) is 0 Å². The van der Waals surface area contributed by atoms with Crippen LogP contribution in [0.1, 0.15) is 12.5 Å². The van der Waals surface area contributed by atoms with Gasteiger partial charge in [-0.25, -0.2) is 0 Å². The molecule has 0 radical (unpaired) electrons. The van der Waals surface area contributed by atoms with E-state index >= 15 is 0 Å². The molecule has 0 spiro atoms. The van der Waals surface area contributed by atoms with E-state index in [-0.39, 0.29) is 30.9 Å². The van der Waals surface area contributed by atoms with Gasteiger partial charge in [-0.15, -0.1) is 24.8 Å². The summed E-state index contributed by atoms with van der Waals surface area (Å²) in [6, 6.07) is 8.28. The van der Waals surface area contributed by atoms with Crippen LogP contribution < -0.4 is 10.6 Å². The molecule has 0 fully saturated rings. The minimum atomic E-state index is -0.272. The van der Waals surface area contributed by atoms with Gasteiger partial charge in [-0.3, -0.25) is 0 Å². The Morgan fingerprint density at radius 2 is 1.67 bits per heavy atom. The van der Waals surface area contributed by atoms with Crippen LogP contribution in [0, 0.1) is 0 Å². The van der Waals surface area contributed by atoms with Gasteiger partial charge < -0.3 is 15.7 Å². The van der Waals surface area contributed by atoms with E-state index in [4.69, 9.17) is 5.11 Å². The van der Waals surface area contributed by atoms with Crippen molar-refractivity contribution in [2.75, 3.05) is 19.6 Å². The number of halogens is 3. The second-order valence-electron chi connectivity index (χ2n) is 3.86. The van der Waals surface area contributed by atoms with Gasteiger partial charge in [0.25, 0.3) is 0 Å². The van der Waals surface area contributed by atoms with Gasteiger partial charge in [0.1, 0.15) is 0 Å². The highest BCUT2D eigenvalue weighted by Crippen LogP contribution is 2.09. The summed E-state index contributed by atoms with van der Waals surface area (Å²) in [6.45, 7) is 5.09. The molecular weight excluding hydrogens is 339 g/mol. The molecule has 106 valence electrons. The van der Waals surface area contributed by atoms with Crippen molar-refractivity contribution in [1.82, 2.24) is 10.6 Å². The Bertz CT molecular complexity index is 297. The van der Waals surface area contributed by atoms with Gasteiger partial charge in [0.15, 0.2) is 0 Å². The van der Waals surface area contributed by atoms with E-state index in [0.29, 0.717) is 6.54 Å². The molecule has 0 aromatic heterocycles. The maximum Gasteiger partial charge on any atom is 0.0636 e. The van der Waals surface area contributed by atoms with Crippen molar-refractivity contribution in [1.29, 1.82) is 0 Å². The SMILES string of the molecule is CC(O)CNCCNCc1ccc(Br)cc1.Cl.Cl. The third kappa shape index (κ3) is 10.1. The van der Waals surface area contributed by atoms with Gasteiger partial charge in [-0.1, -0.05) is 28.1 Å². The van der Waals surface area contributed by atoms with Gasteiger partial charge >= 0.3 is 0 Å². The van der Waals surface area contributed by atoms with E-state index in [1.54, 1.807) is 6.92 Å². The predicted octanol–water partition coefficient (Wildman–Crippen LogP) is 2.35. The summed E-state index contributed by atoms with van der Waals surface area (Å²) >= 11 is 3.41. The molecule has 0 saturated carbocycles. The molecule has 0 amide bonds. The number of rotatable bonds is 7. The highest BCUT2D eigenvalue weighted by molar-refractivity contribution is 9.10. The molecule has 0 bridgehead atoms. The Labute approximate surface area is 130 Å². The van der Waals surface area contributed by atoms with Crippen molar-refractivity contribution in [2.24, 2.45) is 0 Å². The van der Waals surface area contributed by atoms with Gasteiger partial charge in [0.2, 0.25) is 0 Å². The molecule has 6 heteroatoms. The zero-order valence-electron chi connectivity index (χ0n) is 10.4. The first-order valence-corrected chi connectivity index (χ1v) is 6.31. The van der Waals surface area contributed by atoms with Crippen molar-refractivity contribution >= 4 is 40.7 Å². The van der Waals surface area contributed by atoms with Crippen molar-refractivity contribution in [3.8, 4) is 0 Å². The lowest BCUT2D eigenvalue weighted by Crippen LogP contribution is -2.31. The lowest BCUT2D eigenvalue weighted by Gasteiger charge is -2.08. The first-order chi connectivity index (χ1) is 7.68. The molecule has 1 atom stereocenters. The molecule has 0 saturated heterocycles. The number of aliphatic hydroxyl groups excluding tert-OH is 1. The third-order valence-electron chi connectivity index (χ3n) is 2.16. The molecule has 3 N–H and O–H groups in total. The molecule has 0 aliphatic carbocycles. The first kappa shape index (κ1) is 20.5.